The highest BCUT2D eigenvalue weighted by Crippen LogP contribution is 2.16. The molecule has 1 aromatic carbocycles. The van der Waals surface area contributed by atoms with Crippen molar-refractivity contribution in [1.82, 2.24) is 15.2 Å². The van der Waals surface area contributed by atoms with E-state index in [2.05, 4.69) is 32.4 Å². The smallest absolute Gasteiger partial charge is 0.249 e. The number of aliphatic imine (C=N–C) groups is 1. The number of hydrogen-bond acceptors (Lipinski definition) is 6. The van der Waals surface area contributed by atoms with Crippen LogP contribution in [0.3, 0.4) is 0 Å². The Morgan fingerprint density at radius 2 is 1.83 bits per heavy atom. The Hall–Kier alpha value is -3.42. The number of aromatic nitrogens is 1. The minimum absolute atomic E-state index is 0.0519. The molecule has 1 aromatic heterocycles. The molecule has 8 heteroatoms. The van der Waals surface area contributed by atoms with E-state index in [1.807, 2.05) is 47.4 Å². The molecule has 8 nitrogen and oxygen atoms in total. The van der Waals surface area contributed by atoms with Gasteiger partial charge in [-0.3, -0.25) is 14.9 Å². The largest absolute Gasteiger partial charge is 0.353 e. The van der Waals surface area contributed by atoms with E-state index in [0.29, 0.717) is 24.7 Å². The van der Waals surface area contributed by atoms with E-state index < -0.39 is 6.04 Å². The number of benzene rings is 1. The fourth-order valence-corrected chi connectivity index (χ4v) is 3.63. The molecule has 1 saturated heterocycles. The number of nitrogens with one attached hydrogen (secondary N) is 2. The molecule has 0 radical (unpaired) electrons. The fourth-order valence-electron chi connectivity index (χ4n) is 3.63. The van der Waals surface area contributed by atoms with E-state index in [9.17, 15) is 9.59 Å². The van der Waals surface area contributed by atoms with Crippen LogP contribution >= 0.6 is 0 Å². The Labute approximate surface area is 176 Å². The maximum absolute atomic E-state index is 12.7. The second kappa shape index (κ2) is 8.94. The van der Waals surface area contributed by atoms with Crippen molar-refractivity contribution in [3.05, 3.63) is 54.2 Å². The van der Waals surface area contributed by atoms with E-state index in [1.165, 1.54) is 5.56 Å². The zero-order chi connectivity index (χ0) is 20.9. The van der Waals surface area contributed by atoms with Crippen LogP contribution in [0.25, 0.3) is 0 Å². The van der Waals surface area contributed by atoms with Gasteiger partial charge in [0.25, 0.3) is 0 Å². The normalized spacial score (nSPS) is 19.2. The van der Waals surface area contributed by atoms with Crippen LogP contribution in [-0.4, -0.2) is 59.9 Å². The van der Waals surface area contributed by atoms with Crippen molar-refractivity contribution < 1.29 is 9.59 Å². The number of nitrogens with zero attached hydrogens (tertiary/aromatic N) is 4. The number of aryl methyl sites for hydroxylation is 1. The molecule has 4 rings (SSSR count). The van der Waals surface area contributed by atoms with E-state index in [4.69, 9.17) is 0 Å². The van der Waals surface area contributed by atoms with Crippen molar-refractivity contribution in [2.24, 2.45) is 4.99 Å². The van der Waals surface area contributed by atoms with Gasteiger partial charge in [-0.05, 0) is 36.2 Å². The van der Waals surface area contributed by atoms with Crippen LogP contribution in [0, 0.1) is 0 Å². The van der Waals surface area contributed by atoms with Crippen molar-refractivity contribution in [1.29, 1.82) is 0 Å². The lowest BCUT2D eigenvalue weighted by atomic mass is 10.1. The fraction of sp³-hybridized carbons (Fsp3) is 0.364. The zero-order valence-electron chi connectivity index (χ0n) is 17.0. The summed E-state index contributed by atoms with van der Waals surface area (Å²) in [6.07, 6.45) is 2.78. The molecule has 30 heavy (non-hydrogen) atoms. The Balaban J connectivity index is 1.39. The highest BCUT2D eigenvalue weighted by atomic mass is 16.2. The van der Waals surface area contributed by atoms with Crippen LogP contribution in [0.2, 0.25) is 0 Å². The molecule has 1 unspecified atom stereocenters. The van der Waals surface area contributed by atoms with Gasteiger partial charge in [-0.15, -0.1) is 0 Å². The standard InChI is InChI=1S/C22H26N6O2/c1-2-16-6-8-17(9-7-16)24-21(30)18-15-20(29)26-22(25-18)28-13-11-27(12-14-28)19-5-3-4-10-23-19/h3-10,18H,2,11-15H2,1H3,(H,24,30)(H,25,26,29). The predicted octanol–water partition coefficient (Wildman–Crippen LogP) is 1.65. The van der Waals surface area contributed by atoms with Crippen LogP contribution in [0.5, 0.6) is 0 Å². The van der Waals surface area contributed by atoms with Crippen molar-refractivity contribution in [3.63, 3.8) is 0 Å². The van der Waals surface area contributed by atoms with Gasteiger partial charge >= 0.3 is 0 Å². The number of carbonyl (C=O) groups excluding carboxylic acids is 2. The number of piperazine rings is 1. The molecule has 2 aromatic rings. The number of rotatable bonds is 4. The van der Waals surface area contributed by atoms with Crippen molar-refractivity contribution in [2.75, 3.05) is 36.4 Å². The molecule has 0 aliphatic carbocycles. The number of hydrogen-bond donors (Lipinski definition) is 2. The van der Waals surface area contributed by atoms with E-state index in [1.54, 1.807) is 6.20 Å². The van der Waals surface area contributed by atoms with E-state index in [0.717, 1.165) is 25.3 Å². The number of anilines is 2. The van der Waals surface area contributed by atoms with Gasteiger partial charge in [-0.25, -0.2) is 9.98 Å². The van der Waals surface area contributed by atoms with Gasteiger partial charge in [0.05, 0.1) is 6.42 Å². The minimum atomic E-state index is -0.728. The second-order valence-corrected chi connectivity index (χ2v) is 7.42. The summed E-state index contributed by atoms with van der Waals surface area (Å²) in [4.78, 5) is 38.1. The van der Waals surface area contributed by atoms with Gasteiger partial charge in [-0.1, -0.05) is 25.1 Å². The number of amides is 2. The highest BCUT2D eigenvalue weighted by Gasteiger charge is 2.30. The number of carbonyl (C=O) groups is 2. The lowest BCUT2D eigenvalue weighted by molar-refractivity contribution is -0.125. The molecule has 1 fully saturated rings. The Morgan fingerprint density at radius 3 is 2.50 bits per heavy atom. The number of pyridine rings is 1. The monoisotopic (exact) mass is 406 g/mol. The van der Waals surface area contributed by atoms with Crippen LogP contribution in [0.1, 0.15) is 18.9 Å². The third kappa shape index (κ3) is 4.59. The molecule has 0 spiro atoms. The first kappa shape index (κ1) is 19.9. The third-order valence-electron chi connectivity index (χ3n) is 5.39. The summed E-state index contributed by atoms with van der Waals surface area (Å²) in [5.74, 6) is 0.971. The summed E-state index contributed by atoms with van der Waals surface area (Å²) in [7, 11) is 0. The third-order valence-corrected chi connectivity index (χ3v) is 5.39. The maximum atomic E-state index is 12.7. The first-order chi connectivity index (χ1) is 14.6. The SMILES string of the molecule is CCc1ccc(NC(=O)C2CC(=O)NC(N3CCN(c4ccccn4)CC3)=N2)cc1. The summed E-state index contributed by atoms with van der Waals surface area (Å²) >= 11 is 0. The molecule has 2 aliphatic heterocycles. The highest BCUT2D eigenvalue weighted by molar-refractivity contribution is 6.06. The molecule has 0 bridgehead atoms. The zero-order valence-corrected chi connectivity index (χ0v) is 17.0. The molecule has 2 N–H and O–H groups in total. The van der Waals surface area contributed by atoms with E-state index >= 15 is 0 Å². The average molecular weight is 406 g/mol. The minimum Gasteiger partial charge on any atom is -0.353 e. The Kier molecular flexibility index (Phi) is 5.92. The van der Waals surface area contributed by atoms with Gasteiger partial charge in [0.1, 0.15) is 11.9 Å². The van der Waals surface area contributed by atoms with Gasteiger partial charge in [0.15, 0.2) is 0 Å². The van der Waals surface area contributed by atoms with Crippen LogP contribution < -0.4 is 15.5 Å². The molecule has 3 heterocycles. The summed E-state index contributed by atoms with van der Waals surface area (Å²) in [5, 5.41) is 5.70. The lowest BCUT2D eigenvalue weighted by Crippen LogP contribution is -2.56. The summed E-state index contributed by atoms with van der Waals surface area (Å²) in [6, 6.07) is 12.9. The second-order valence-electron chi connectivity index (χ2n) is 7.42. The summed E-state index contributed by atoms with van der Waals surface area (Å²) in [5.41, 5.74) is 1.92. The van der Waals surface area contributed by atoms with Crippen molar-refractivity contribution in [3.8, 4) is 0 Å². The first-order valence-electron chi connectivity index (χ1n) is 10.3. The molecular weight excluding hydrogens is 380 g/mol. The Morgan fingerprint density at radius 1 is 1.10 bits per heavy atom. The molecule has 2 amide bonds. The van der Waals surface area contributed by atoms with Crippen molar-refractivity contribution in [2.45, 2.75) is 25.8 Å². The van der Waals surface area contributed by atoms with Crippen LogP contribution in [0.4, 0.5) is 11.5 Å². The van der Waals surface area contributed by atoms with Gasteiger partial charge < -0.3 is 15.1 Å². The van der Waals surface area contributed by atoms with Crippen molar-refractivity contribution >= 4 is 29.3 Å². The van der Waals surface area contributed by atoms with Gasteiger partial charge in [0, 0.05) is 38.1 Å². The maximum Gasteiger partial charge on any atom is 0.249 e. The number of guanidine groups is 1. The topological polar surface area (TPSA) is 89.9 Å². The van der Waals surface area contributed by atoms with Crippen LogP contribution in [-0.2, 0) is 16.0 Å². The summed E-state index contributed by atoms with van der Waals surface area (Å²) < 4.78 is 0. The predicted molar refractivity (Wildman–Crippen MR) is 116 cm³/mol. The quantitative estimate of drug-likeness (QED) is 0.806. The molecule has 0 saturated carbocycles. The van der Waals surface area contributed by atoms with E-state index in [-0.39, 0.29) is 18.2 Å². The molecular formula is C22H26N6O2. The Bertz CT molecular complexity index is 920. The molecule has 2 aliphatic rings. The first-order valence-corrected chi connectivity index (χ1v) is 10.3. The lowest BCUT2D eigenvalue weighted by Gasteiger charge is -2.38. The average Bonchev–Trinajstić information content (AvgIpc) is 2.80. The van der Waals surface area contributed by atoms with Crippen LogP contribution in [0.15, 0.2) is 53.7 Å². The molecule has 156 valence electrons. The summed E-state index contributed by atoms with van der Waals surface area (Å²) in [6.45, 7) is 5.02. The van der Waals surface area contributed by atoms with Gasteiger partial charge in [-0.2, -0.15) is 0 Å². The molecule has 1 atom stereocenters. The van der Waals surface area contributed by atoms with Gasteiger partial charge in [0.2, 0.25) is 17.8 Å².